The number of halogens is 1. The van der Waals surface area contributed by atoms with Gasteiger partial charge in [0.25, 0.3) is 0 Å². The summed E-state index contributed by atoms with van der Waals surface area (Å²) in [5.41, 5.74) is 4.91. The van der Waals surface area contributed by atoms with Crippen molar-refractivity contribution in [1.29, 1.82) is 5.26 Å². The van der Waals surface area contributed by atoms with Gasteiger partial charge < -0.3 is 14.6 Å². The number of nitrogens with one attached hydrogen (secondary N) is 1. The Labute approximate surface area is 171 Å². The Morgan fingerprint density at radius 1 is 1.50 bits per heavy atom. The van der Waals surface area contributed by atoms with E-state index in [0.29, 0.717) is 29.4 Å². The van der Waals surface area contributed by atoms with E-state index in [-0.39, 0.29) is 12.1 Å². The molecule has 0 saturated carbocycles. The van der Waals surface area contributed by atoms with Gasteiger partial charge in [-0.25, -0.2) is 9.78 Å². The lowest BCUT2D eigenvalue weighted by Gasteiger charge is -2.15. The van der Waals surface area contributed by atoms with Crippen LogP contribution in [0, 0.1) is 11.3 Å². The highest BCUT2D eigenvalue weighted by molar-refractivity contribution is 7.13. The quantitative estimate of drug-likeness (QED) is 0.691. The molecule has 0 saturated heterocycles. The molecule has 28 heavy (non-hydrogen) atoms. The molecule has 1 amide bonds. The van der Waals surface area contributed by atoms with Crippen LogP contribution in [0.3, 0.4) is 0 Å². The molecular formula is C20H19ClN4O2S. The number of carbonyl (C=O) groups excluding carboxylic acids is 1. The average molecular weight is 415 g/mol. The number of ether oxygens (including phenoxy) is 1. The molecule has 2 aromatic heterocycles. The van der Waals surface area contributed by atoms with Gasteiger partial charge in [0, 0.05) is 34.4 Å². The Morgan fingerprint density at radius 2 is 2.32 bits per heavy atom. The van der Waals surface area contributed by atoms with Gasteiger partial charge in [0.05, 0.1) is 30.0 Å². The van der Waals surface area contributed by atoms with Gasteiger partial charge >= 0.3 is 6.09 Å². The molecule has 0 aliphatic heterocycles. The highest BCUT2D eigenvalue weighted by Gasteiger charge is 2.30. The molecule has 6 nitrogen and oxygen atoms in total. The third-order valence-electron chi connectivity index (χ3n) is 4.81. The Morgan fingerprint density at radius 3 is 3.00 bits per heavy atom. The fourth-order valence-electron chi connectivity index (χ4n) is 3.77. The van der Waals surface area contributed by atoms with Crippen LogP contribution in [-0.4, -0.2) is 27.8 Å². The van der Waals surface area contributed by atoms with E-state index in [4.69, 9.17) is 16.3 Å². The van der Waals surface area contributed by atoms with Crippen LogP contribution in [-0.2, 0) is 24.1 Å². The van der Waals surface area contributed by atoms with E-state index in [0.717, 1.165) is 22.3 Å². The van der Waals surface area contributed by atoms with Crippen molar-refractivity contribution in [3.63, 3.8) is 0 Å². The molecular weight excluding hydrogens is 396 g/mol. The summed E-state index contributed by atoms with van der Waals surface area (Å²) in [5.74, 6) is 0. The standard InChI is InChI=1S/C20H19ClN4O2S/c1-11(2)27-20(26)24-13-6-16-15-5-12(8-22)3-4-17(15)25(18(16)7-13)9-14-10-28-19(21)23-14/h3-5,10-11,13H,6-7,9H2,1-2H3,(H,24,26). The van der Waals surface area contributed by atoms with E-state index in [1.807, 2.05) is 37.4 Å². The number of benzene rings is 1. The van der Waals surface area contributed by atoms with Crippen molar-refractivity contribution in [2.24, 2.45) is 0 Å². The van der Waals surface area contributed by atoms with Gasteiger partial charge in [-0.1, -0.05) is 11.6 Å². The first-order chi connectivity index (χ1) is 13.4. The van der Waals surface area contributed by atoms with Crippen molar-refractivity contribution in [1.82, 2.24) is 14.9 Å². The van der Waals surface area contributed by atoms with Gasteiger partial charge in [0.15, 0.2) is 4.47 Å². The second-order valence-corrected chi connectivity index (χ2v) is 8.59. The van der Waals surface area contributed by atoms with Gasteiger partial charge in [0.1, 0.15) is 0 Å². The van der Waals surface area contributed by atoms with Gasteiger partial charge in [0.2, 0.25) is 0 Å². The molecule has 2 heterocycles. The Kier molecular flexibility index (Phi) is 5.00. The van der Waals surface area contributed by atoms with Crippen LogP contribution in [0.15, 0.2) is 23.6 Å². The van der Waals surface area contributed by atoms with E-state index in [2.05, 4.69) is 20.9 Å². The molecule has 1 aliphatic carbocycles. The van der Waals surface area contributed by atoms with Gasteiger partial charge in [-0.15, -0.1) is 11.3 Å². The topological polar surface area (TPSA) is 79.9 Å². The second kappa shape index (κ2) is 7.46. The molecule has 144 valence electrons. The first-order valence-corrected chi connectivity index (χ1v) is 10.3. The van der Waals surface area contributed by atoms with Crippen LogP contribution < -0.4 is 5.32 Å². The van der Waals surface area contributed by atoms with Gasteiger partial charge in [-0.3, -0.25) is 0 Å². The number of fused-ring (bicyclic) bond motifs is 3. The Bertz CT molecular complexity index is 1100. The number of aromatic nitrogens is 2. The molecule has 1 unspecified atom stereocenters. The number of nitriles is 1. The fraction of sp³-hybridized carbons (Fsp3) is 0.350. The summed E-state index contributed by atoms with van der Waals surface area (Å²) in [6.07, 6.45) is 0.853. The molecule has 4 rings (SSSR count). The maximum absolute atomic E-state index is 12.0. The number of amides is 1. The van der Waals surface area contributed by atoms with Crippen LogP contribution in [0.4, 0.5) is 4.79 Å². The van der Waals surface area contributed by atoms with Crippen molar-refractivity contribution in [3.05, 3.63) is 50.6 Å². The highest BCUT2D eigenvalue weighted by Crippen LogP contribution is 2.34. The van der Waals surface area contributed by atoms with E-state index in [9.17, 15) is 10.1 Å². The first kappa shape index (κ1) is 18.8. The molecule has 3 aromatic rings. The summed E-state index contributed by atoms with van der Waals surface area (Å²) in [6, 6.07) is 7.92. The number of rotatable bonds is 4. The van der Waals surface area contributed by atoms with Gasteiger partial charge in [-0.05, 0) is 44.0 Å². The number of carbonyl (C=O) groups is 1. The molecule has 8 heteroatoms. The highest BCUT2D eigenvalue weighted by atomic mass is 35.5. The van der Waals surface area contributed by atoms with Crippen LogP contribution in [0.2, 0.25) is 4.47 Å². The lowest BCUT2D eigenvalue weighted by Crippen LogP contribution is -2.37. The summed E-state index contributed by atoms with van der Waals surface area (Å²) in [6.45, 7) is 4.25. The number of hydrogen-bond acceptors (Lipinski definition) is 5. The summed E-state index contributed by atoms with van der Waals surface area (Å²) in [7, 11) is 0. The van der Waals surface area contributed by atoms with E-state index >= 15 is 0 Å². The van der Waals surface area contributed by atoms with Crippen molar-refractivity contribution >= 4 is 39.9 Å². The van der Waals surface area contributed by atoms with Crippen LogP contribution in [0.25, 0.3) is 10.9 Å². The normalized spacial score (nSPS) is 15.6. The largest absolute Gasteiger partial charge is 0.447 e. The number of alkyl carbamates (subject to hydrolysis) is 1. The third kappa shape index (κ3) is 3.58. The average Bonchev–Trinajstić information content (AvgIpc) is 3.30. The maximum atomic E-state index is 12.0. The lowest BCUT2D eigenvalue weighted by molar-refractivity contribution is 0.112. The van der Waals surface area contributed by atoms with Crippen LogP contribution in [0.5, 0.6) is 0 Å². The summed E-state index contributed by atoms with van der Waals surface area (Å²) < 4.78 is 7.95. The third-order valence-corrected chi connectivity index (χ3v) is 5.84. The molecule has 0 bridgehead atoms. The van der Waals surface area contributed by atoms with Crippen molar-refractivity contribution in [2.75, 3.05) is 0 Å². The van der Waals surface area contributed by atoms with Crippen molar-refractivity contribution in [3.8, 4) is 6.07 Å². The monoisotopic (exact) mass is 414 g/mol. The molecule has 0 spiro atoms. The van der Waals surface area contributed by atoms with Crippen molar-refractivity contribution < 1.29 is 9.53 Å². The van der Waals surface area contributed by atoms with E-state index in [1.165, 1.54) is 16.9 Å². The lowest BCUT2D eigenvalue weighted by atomic mass is 10.1. The Hall–Kier alpha value is -2.56. The zero-order valence-corrected chi connectivity index (χ0v) is 17.1. The number of nitrogens with zero attached hydrogens (tertiary/aromatic N) is 3. The molecule has 1 N–H and O–H groups in total. The summed E-state index contributed by atoms with van der Waals surface area (Å²) in [4.78, 5) is 16.4. The fourth-order valence-corrected chi connectivity index (χ4v) is 4.55. The van der Waals surface area contributed by atoms with Gasteiger partial charge in [-0.2, -0.15) is 5.26 Å². The molecule has 1 aliphatic rings. The molecule has 0 fully saturated rings. The van der Waals surface area contributed by atoms with Crippen LogP contribution in [0.1, 0.15) is 36.4 Å². The zero-order valence-electron chi connectivity index (χ0n) is 15.5. The number of thiazole rings is 1. The minimum absolute atomic E-state index is 0.0309. The summed E-state index contributed by atoms with van der Waals surface area (Å²) >= 11 is 7.41. The summed E-state index contributed by atoms with van der Waals surface area (Å²) in [5, 5.41) is 15.3. The predicted molar refractivity (Wildman–Crippen MR) is 109 cm³/mol. The minimum Gasteiger partial charge on any atom is -0.447 e. The van der Waals surface area contributed by atoms with Crippen LogP contribution >= 0.6 is 22.9 Å². The number of hydrogen-bond donors (Lipinski definition) is 1. The Balaban J connectivity index is 1.69. The maximum Gasteiger partial charge on any atom is 0.407 e. The minimum atomic E-state index is -0.398. The predicted octanol–water partition coefficient (Wildman–Crippen LogP) is 4.27. The van der Waals surface area contributed by atoms with Crippen molar-refractivity contribution in [2.45, 2.75) is 45.4 Å². The smallest absolute Gasteiger partial charge is 0.407 e. The zero-order chi connectivity index (χ0) is 19.8. The molecule has 1 atom stereocenters. The molecule has 0 radical (unpaired) electrons. The van der Waals surface area contributed by atoms with E-state index < -0.39 is 6.09 Å². The SMILES string of the molecule is CC(C)OC(=O)NC1Cc2c(n(Cc3csc(Cl)n3)c3ccc(C#N)cc23)C1. The van der Waals surface area contributed by atoms with E-state index in [1.54, 1.807) is 0 Å². The second-order valence-electron chi connectivity index (χ2n) is 7.15. The molecule has 1 aromatic carbocycles. The first-order valence-electron chi connectivity index (χ1n) is 9.05.